The summed E-state index contributed by atoms with van der Waals surface area (Å²) in [6.07, 6.45) is 3.84. The first-order valence-electron chi connectivity index (χ1n) is 10.2. The molecule has 2 heterocycles. The zero-order valence-electron chi connectivity index (χ0n) is 16.7. The number of carbonyl (C=O) groups is 1. The van der Waals surface area contributed by atoms with Gasteiger partial charge in [-0.15, -0.1) is 0 Å². The number of fused-ring (bicyclic) bond motifs is 2. The van der Waals surface area contributed by atoms with Crippen molar-refractivity contribution < 1.29 is 14.6 Å². The van der Waals surface area contributed by atoms with Crippen molar-refractivity contribution in [3.8, 4) is 0 Å². The molecule has 2 fully saturated rings. The smallest absolute Gasteiger partial charge is 0.410 e. The number of carbonyl (C=O) groups excluding carboxylic acids is 1. The van der Waals surface area contributed by atoms with E-state index in [9.17, 15) is 9.90 Å². The van der Waals surface area contributed by atoms with E-state index in [-0.39, 0.29) is 24.8 Å². The second-order valence-electron chi connectivity index (χ2n) is 8.50. The summed E-state index contributed by atoms with van der Waals surface area (Å²) in [5.41, 5.74) is 3.43. The lowest BCUT2D eigenvalue weighted by atomic mass is 9.72. The molecular weight excluding hydrogens is 350 g/mol. The molecule has 4 nitrogen and oxygen atoms in total. The molecule has 2 unspecified atom stereocenters. The van der Waals surface area contributed by atoms with Gasteiger partial charge < -0.3 is 14.7 Å². The van der Waals surface area contributed by atoms with E-state index in [4.69, 9.17) is 4.74 Å². The van der Waals surface area contributed by atoms with Gasteiger partial charge >= 0.3 is 6.09 Å². The number of nitrogens with zero attached hydrogens (tertiary/aromatic N) is 1. The quantitative estimate of drug-likeness (QED) is 0.830. The van der Waals surface area contributed by atoms with E-state index in [0.717, 1.165) is 30.4 Å². The van der Waals surface area contributed by atoms with Crippen LogP contribution in [-0.4, -0.2) is 28.2 Å². The van der Waals surface area contributed by atoms with Crippen LogP contribution in [0.1, 0.15) is 54.4 Å². The molecule has 2 aromatic carbocycles. The summed E-state index contributed by atoms with van der Waals surface area (Å²) in [5, 5.41) is 11.5. The summed E-state index contributed by atoms with van der Waals surface area (Å²) in [6, 6.07) is 16.1. The highest BCUT2D eigenvalue weighted by Gasteiger charge is 2.48. The van der Waals surface area contributed by atoms with Crippen LogP contribution in [0.5, 0.6) is 0 Å². The molecule has 0 aliphatic carbocycles. The molecule has 2 atom stereocenters. The first-order valence-corrected chi connectivity index (χ1v) is 10.2. The van der Waals surface area contributed by atoms with Gasteiger partial charge in [-0.3, -0.25) is 0 Å². The monoisotopic (exact) mass is 379 g/mol. The zero-order chi connectivity index (χ0) is 19.7. The van der Waals surface area contributed by atoms with Crippen LogP contribution < -0.4 is 0 Å². The molecule has 1 N–H and O–H groups in total. The lowest BCUT2D eigenvalue weighted by Gasteiger charge is -2.51. The Hall–Kier alpha value is -2.33. The Morgan fingerprint density at radius 3 is 2.29 bits per heavy atom. The number of aliphatic hydroxyl groups is 1. The number of rotatable bonds is 3. The average molecular weight is 380 g/mol. The van der Waals surface area contributed by atoms with Gasteiger partial charge in [0.25, 0.3) is 0 Å². The van der Waals surface area contributed by atoms with Gasteiger partial charge in [-0.2, -0.15) is 0 Å². The number of amides is 1. The van der Waals surface area contributed by atoms with E-state index in [1.807, 2.05) is 35.2 Å². The maximum Gasteiger partial charge on any atom is 0.410 e. The summed E-state index contributed by atoms with van der Waals surface area (Å²) in [4.78, 5) is 14.8. The number of hydrogen-bond acceptors (Lipinski definition) is 3. The molecule has 0 radical (unpaired) electrons. The summed E-state index contributed by atoms with van der Waals surface area (Å²) in [5.74, 6) is 0. The van der Waals surface area contributed by atoms with Gasteiger partial charge in [0.2, 0.25) is 0 Å². The van der Waals surface area contributed by atoms with E-state index < -0.39 is 5.60 Å². The van der Waals surface area contributed by atoms with Crippen molar-refractivity contribution in [2.45, 2.75) is 70.2 Å². The Bertz CT molecular complexity index is 814. The van der Waals surface area contributed by atoms with E-state index in [1.54, 1.807) is 0 Å². The Morgan fingerprint density at radius 1 is 1.07 bits per heavy atom. The molecule has 4 rings (SSSR count). The number of benzene rings is 2. The molecule has 2 aromatic rings. The molecule has 2 aliphatic rings. The second kappa shape index (κ2) is 7.59. The number of piperidine rings is 2. The Labute approximate surface area is 167 Å². The van der Waals surface area contributed by atoms with Crippen molar-refractivity contribution in [2.75, 3.05) is 0 Å². The minimum Gasteiger partial charge on any atom is -0.445 e. The highest BCUT2D eigenvalue weighted by atomic mass is 16.6. The summed E-state index contributed by atoms with van der Waals surface area (Å²) in [6.45, 7) is 4.42. The van der Waals surface area contributed by atoms with Gasteiger partial charge in [0, 0.05) is 24.9 Å². The van der Waals surface area contributed by atoms with Crippen molar-refractivity contribution in [2.24, 2.45) is 0 Å². The lowest BCUT2D eigenvalue weighted by molar-refractivity contribution is -0.0896. The first kappa shape index (κ1) is 19.0. The number of ether oxygens (including phenoxy) is 1. The van der Waals surface area contributed by atoms with Crippen LogP contribution in [0.25, 0.3) is 0 Å². The summed E-state index contributed by atoms with van der Waals surface area (Å²) >= 11 is 0. The molecule has 1 amide bonds. The van der Waals surface area contributed by atoms with Gasteiger partial charge in [0.05, 0.1) is 5.60 Å². The highest BCUT2D eigenvalue weighted by molar-refractivity contribution is 5.69. The van der Waals surface area contributed by atoms with Crippen LogP contribution in [-0.2, 0) is 16.9 Å². The molecule has 148 valence electrons. The Kier molecular flexibility index (Phi) is 5.15. The third kappa shape index (κ3) is 3.79. The average Bonchev–Trinajstić information content (AvgIpc) is 2.65. The van der Waals surface area contributed by atoms with Crippen LogP contribution in [0.3, 0.4) is 0 Å². The summed E-state index contributed by atoms with van der Waals surface area (Å²) < 4.78 is 5.62. The molecule has 4 heteroatoms. The fourth-order valence-electron chi connectivity index (χ4n) is 5.00. The first-order chi connectivity index (χ1) is 13.4. The minimum absolute atomic E-state index is 0.0293. The Balaban J connectivity index is 1.51. The Morgan fingerprint density at radius 2 is 1.68 bits per heavy atom. The maximum absolute atomic E-state index is 12.9. The van der Waals surface area contributed by atoms with Crippen molar-refractivity contribution >= 4 is 6.09 Å². The van der Waals surface area contributed by atoms with Crippen LogP contribution in [0.15, 0.2) is 48.5 Å². The largest absolute Gasteiger partial charge is 0.445 e. The van der Waals surface area contributed by atoms with E-state index >= 15 is 0 Å². The molecular formula is C24H29NO3. The molecule has 0 saturated carbocycles. The zero-order valence-corrected chi connectivity index (χ0v) is 16.7. The van der Waals surface area contributed by atoms with Gasteiger partial charge in [0.1, 0.15) is 6.61 Å². The van der Waals surface area contributed by atoms with Crippen molar-refractivity contribution in [1.82, 2.24) is 4.90 Å². The molecule has 2 bridgehead atoms. The fraction of sp³-hybridized carbons (Fsp3) is 0.458. The maximum atomic E-state index is 12.9. The SMILES string of the molecule is Cc1cc(C)cc(C2(O)CC3CCCC(C2)N3C(=O)OCc2ccccc2)c1. The molecule has 2 saturated heterocycles. The predicted octanol–water partition coefficient (Wildman–Crippen LogP) is 4.84. The highest BCUT2D eigenvalue weighted by Crippen LogP contribution is 2.45. The second-order valence-corrected chi connectivity index (χ2v) is 8.50. The topological polar surface area (TPSA) is 49.8 Å². The number of aryl methyl sites for hydroxylation is 2. The molecule has 0 spiro atoms. The van der Waals surface area contributed by atoms with Crippen molar-refractivity contribution in [3.63, 3.8) is 0 Å². The van der Waals surface area contributed by atoms with Crippen LogP contribution >= 0.6 is 0 Å². The van der Waals surface area contributed by atoms with E-state index in [0.29, 0.717) is 12.8 Å². The van der Waals surface area contributed by atoms with Crippen LogP contribution in [0, 0.1) is 13.8 Å². The molecule has 0 aromatic heterocycles. The standard InChI is InChI=1S/C24H29NO3/c1-17-11-18(2)13-20(12-17)24(27)14-21-9-6-10-22(15-24)25(21)23(26)28-16-19-7-4-3-5-8-19/h3-5,7-8,11-13,21-22,27H,6,9-10,14-16H2,1-2H3. The third-order valence-corrected chi connectivity index (χ3v) is 6.18. The normalized spacial score (nSPS) is 26.8. The minimum atomic E-state index is -0.872. The van der Waals surface area contributed by atoms with Crippen LogP contribution in [0.2, 0.25) is 0 Å². The van der Waals surface area contributed by atoms with E-state index in [1.165, 1.54) is 11.1 Å². The van der Waals surface area contributed by atoms with E-state index in [2.05, 4.69) is 32.0 Å². The van der Waals surface area contributed by atoms with Gasteiger partial charge in [-0.05, 0) is 44.2 Å². The van der Waals surface area contributed by atoms with Crippen molar-refractivity contribution in [3.05, 3.63) is 70.8 Å². The fourth-order valence-corrected chi connectivity index (χ4v) is 5.00. The predicted molar refractivity (Wildman–Crippen MR) is 109 cm³/mol. The molecule has 2 aliphatic heterocycles. The molecule has 28 heavy (non-hydrogen) atoms. The number of hydrogen-bond donors (Lipinski definition) is 1. The lowest BCUT2D eigenvalue weighted by Crippen LogP contribution is -2.58. The van der Waals surface area contributed by atoms with Gasteiger partial charge in [-0.25, -0.2) is 4.79 Å². The van der Waals surface area contributed by atoms with Gasteiger partial charge in [-0.1, -0.05) is 59.7 Å². The third-order valence-electron chi connectivity index (χ3n) is 6.18. The summed E-state index contributed by atoms with van der Waals surface area (Å²) in [7, 11) is 0. The van der Waals surface area contributed by atoms with Gasteiger partial charge in [0.15, 0.2) is 0 Å². The van der Waals surface area contributed by atoms with Crippen molar-refractivity contribution in [1.29, 1.82) is 0 Å². The van der Waals surface area contributed by atoms with Crippen LogP contribution in [0.4, 0.5) is 4.79 Å².